The standard InChI is InChI=1S/C16H34O.2Na.H2O4S/c1-3-5-7-9-11-13-15-17-16-14-12-10-8-6-4-2;;;1-5(2,3)4/h3-16H2,1-2H3;;;(H2,1,2,3,4)/q;2*+1;/p-2. The monoisotopic (exact) mass is 384 g/mol. The molecule has 24 heavy (non-hydrogen) atoms. The molecule has 0 rings (SSSR count). The van der Waals surface area contributed by atoms with Crippen LogP contribution in [0.3, 0.4) is 0 Å². The van der Waals surface area contributed by atoms with Gasteiger partial charge in [-0.1, -0.05) is 78.1 Å². The number of rotatable bonds is 14. The van der Waals surface area contributed by atoms with E-state index in [4.69, 9.17) is 22.3 Å². The van der Waals surface area contributed by atoms with Crippen LogP contribution in [0.2, 0.25) is 0 Å². The van der Waals surface area contributed by atoms with E-state index in [2.05, 4.69) is 13.8 Å². The van der Waals surface area contributed by atoms with Crippen LogP contribution in [0.15, 0.2) is 0 Å². The Morgan fingerprint density at radius 3 is 1.17 bits per heavy atom. The molecular formula is C16H34Na2O5S. The van der Waals surface area contributed by atoms with Crippen LogP contribution in [0.1, 0.15) is 90.9 Å². The second kappa shape index (κ2) is 27.1. The first-order valence-electron chi connectivity index (χ1n) is 8.66. The fourth-order valence-electron chi connectivity index (χ4n) is 2.07. The summed E-state index contributed by atoms with van der Waals surface area (Å²) in [6, 6.07) is 0. The summed E-state index contributed by atoms with van der Waals surface area (Å²) in [7, 11) is -5.17. The van der Waals surface area contributed by atoms with Crippen molar-refractivity contribution >= 4 is 10.4 Å². The minimum atomic E-state index is -5.17. The van der Waals surface area contributed by atoms with Crippen LogP contribution in [-0.4, -0.2) is 30.7 Å². The maximum Gasteiger partial charge on any atom is 1.00 e. The quantitative estimate of drug-likeness (QED) is 0.156. The van der Waals surface area contributed by atoms with Crippen molar-refractivity contribution in [3.8, 4) is 0 Å². The van der Waals surface area contributed by atoms with Crippen LogP contribution in [0, 0.1) is 0 Å². The summed E-state index contributed by atoms with van der Waals surface area (Å²) in [4.78, 5) is 0. The number of unbranched alkanes of at least 4 members (excludes halogenated alkanes) is 10. The van der Waals surface area contributed by atoms with Crippen LogP contribution >= 0.6 is 0 Å². The molecule has 0 spiro atoms. The van der Waals surface area contributed by atoms with E-state index in [1.54, 1.807) is 0 Å². The zero-order chi connectivity index (χ0) is 17.1. The van der Waals surface area contributed by atoms with Gasteiger partial charge in [0.05, 0.1) is 0 Å². The van der Waals surface area contributed by atoms with Crippen molar-refractivity contribution in [2.75, 3.05) is 13.2 Å². The minimum absolute atomic E-state index is 0. The van der Waals surface area contributed by atoms with Gasteiger partial charge in [0.1, 0.15) is 0 Å². The molecule has 0 saturated heterocycles. The van der Waals surface area contributed by atoms with Crippen molar-refractivity contribution in [2.45, 2.75) is 90.9 Å². The molecule has 0 N–H and O–H groups in total. The summed E-state index contributed by atoms with van der Waals surface area (Å²) in [5.41, 5.74) is 0. The summed E-state index contributed by atoms with van der Waals surface area (Å²) in [6.07, 6.45) is 16.3. The van der Waals surface area contributed by atoms with Gasteiger partial charge >= 0.3 is 59.1 Å². The van der Waals surface area contributed by atoms with Gasteiger partial charge in [0.25, 0.3) is 0 Å². The molecule has 0 amide bonds. The second-order valence-electron chi connectivity index (χ2n) is 5.56. The van der Waals surface area contributed by atoms with E-state index in [0.717, 1.165) is 13.2 Å². The van der Waals surface area contributed by atoms with Crippen LogP contribution < -0.4 is 59.1 Å². The van der Waals surface area contributed by atoms with Crippen molar-refractivity contribution in [3.05, 3.63) is 0 Å². The summed E-state index contributed by atoms with van der Waals surface area (Å²) in [5, 5.41) is 0. The second-order valence-corrected chi connectivity index (χ2v) is 6.37. The average molecular weight is 384 g/mol. The third-order valence-corrected chi connectivity index (χ3v) is 3.28. The number of hydrogen-bond donors (Lipinski definition) is 0. The van der Waals surface area contributed by atoms with E-state index in [1.807, 2.05) is 0 Å². The van der Waals surface area contributed by atoms with Gasteiger partial charge in [-0.25, -0.2) is 0 Å². The fraction of sp³-hybridized carbons (Fsp3) is 1.00. The van der Waals surface area contributed by atoms with Crippen molar-refractivity contribution in [3.63, 3.8) is 0 Å². The third-order valence-electron chi connectivity index (χ3n) is 3.28. The Morgan fingerprint density at radius 1 is 0.625 bits per heavy atom. The molecule has 8 heteroatoms. The van der Waals surface area contributed by atoms with Gasteiger partial charge in [-0.15, -0.1) is 0 Å². The molecule has 5 nitrogen and oxygen atoms in total. The Bertz CT molecular complexity index is 279. The Kier molecular flexibility index (Phi) is 37.7. The van der Waals surface area contributed by atoms with E-state index >= 15 is 0 Å². The molecule has 0 fully saturated rings. The normalized spacial score (nSPS) is 10.2. The van der Waals surface area contributed by atoms with Crippen molar-refractivity contribution in [2.24, 2.45) is 0 Å². The predicted octanol–water partition coefficient (Wildman–Crippen LogP) is -1.61. The van der Waals surface area contributed by atoms with Crippen LogP contribution in [-0.2, 0) is 15.1 Å². The average Bonchev–Trinajstić information content (AvgIpc) is 2.42. The third kappa shape index (κ3) is 49.6. The Balaban J connectivity index is -0.000000250. The van der Waals surface area contributed by atoms with Crippen LogP contribution in [0.4, 0.5) is 0 Å². The summed E-state index contributed by atoms with van der Waals surface area (Å²) >= 11 is 0. The first-order valence-corrected chi connectivity index (χ1v) is 9.99. The van der Waals surface area contributed by atoms with Crippen molar-refractivity contribution < 1.29 is 81.4 Å². The summed E-state index contributed by atoms with van der Waals surface area (Å²) in [5.74, 6) is 0. The molecular weight excluding hydrogens is 350 g/mol. The molecule has 0 aromatic carbocycles. The fourth-order valence-corrected chi connectivity index (χ4v) is 2.07. The van der Waals surface area contributed by atoms with Gasteiger partial charge < -0.3 is 13.8 Å². The SMILES string of the molecule is CCCCCCCCOCCCCCCCC.O=S(=O)([O-])[O-].[Na+].[Na+]. The molecule has 0 heterocycles. The first-order chi connectivity index (χ1) is 10.4. The topological polar surface area (TPSA) is 89.5 Å². The van der Waals surface area contributed by atoms with Crippen molar-refractivity contribution in [1.29, 1.82) is 0 Å². The Labute approximate surface area is 194 Å². The van der Waals surface area contributed by atoms with E-state index in [0.29, 0.717) is 0 Å². The smallest absolute Gasteiger partial charge is 0.759 e. The van der Waals surface area contributed by atoms with Crippen LogP contribution in [0.5, 0.6) is 0 Å². The Hall–Kier alpha value is 1.83. The van der Waals surface area contributed by atoms with Gasteiger partial charge in [0.15, 0.2) is 0 Å². The molecule has 0 bridgehead atoms. The zero-order valence-electron chi connectivity index (χ0n) is 16.3. The van der Waals surface area contributed by atoms with Gasteiger partial charge in [-0.05, 0) is 12.8 Å². The first kappa shape index (κ1) is 33.4. The molecule has 0 aliphatic rings. The van der Waals surface area contributed by atoms with Crippen LogP contribution in [0.25, 0.3) is 0 Å². The van der Waals surface area contributed by atoms with Gasteiger partial charge in [-0.2, -0.15) is 0 Å². The summed E-state index contributed by atoms with van der Waals surface area (Å²) < 4.78 is 39.7. The van der Waals surface area contributed by atoms with E-state index in [1.165, 1.54) is 77.0 Å². The molecule has 0 aromatic heterocycles. The number of hydrogen-bond acceptors (Lipinski definition) is 5. The van der Waals surface area contributed by atoms with E-state index in [9.17, 15) is 0 Å². The molecule has 0 saturated carbocycles. The molecule has 0 aromatic rings. The molecule has 0 radical (unpaired) electrons. The van der Waals surface area contributed by atoms with E-state index < -0.39 is 10.4 Å². The van der Waals surface area contributed by atoms with Crippen molar-refractivity contribution in [1.82, 2.24) is 0 Å². The number of ether oxygens (including phenoxy) is 1. The van der Waals surface area contributed by atoms with Gasteiger partial charge in [0.2, 0.25) is 0 Å². The minimum Gasteiger partial charge on any atom is -0.759 e. The molecule has 0 unspecified atom stereocenters. The molecule has 0 aliphatic carbocycles. The van der Waals surface area contributed by atoms with E-state index in [-0.39, 0.29) is 59.1 Å². The Morgan fingerprint density at radius 2 is 0.875 bits per heavy atom. The summed E-state index contributed by atoms with van der Waals surface area (Å²) in [6.45, 7) is 6.51. The molecule has 0 atom stereocenters. The maximum atomic E-state index is 8.52. The molecule has 0 aliphatic heterocycles. The van der Waals surface area contributed by atoms with Gasteiger partial charge in [0, 0.05) is 23.6 Å². The zero-order valence-corrected chi connectivity index (χ0v) is 21.2. The maximum absolute atomic E-state index is 8.52. The largest absolute Gasteiger partial charge is 1.00 e. The van der Waals surface area contributed by atoms with Gasteiger partial charge in [-0.3, -0.25) is 8.42 Å². The predicted molar refractivity (Wildman–Crippen MR) is 88.0 cm³/mol. The molecule has 136 valence electrons.